The van der Waals surface area contributed by atoms with E-state index in [4.69, 9.17) is 15.6 Å². The number of thioether (sulfide) groups is 1. The van der Waals surface area contributed by atoms with Crippen LogP contribution in [0.5, 0.6) is 5.75 Å². The van der Waals surface area contributed by atoms with Gasteiger partial charge in [0.25, 0.3) is 0 Å². The highest BCUT2D eigenvalue weighted by molar-refractivity contribution is 7.99. The van der Waals surface area contributed by atoms with Gasteiger partial charge in [0.15, 0.2) is 11.0 Å². The first-order chi connectivity index (χ1) is 19.0. The minimum absolute atomic E-state index is 0.0914. The molecular weight excluding hydrogens is 530 g/mol. The Morgan fingerprint density at radius 1 is 1.05 bits per heavy atom. The largest absolute Gasteiger partial charge is 0.494 e. The van der Waals surface area contributed by atoms with E-state index in [0.717, 1.165) is 32.4 Å². The summed E-state index contributed by atoms with van der Waals surface area (Å²) in [5.41, 5.74) is 5.34. The lowest BCUT2D eigenvalue weighted by Crippen LogP contribution is -2.16. The molecule has 0 saturated carbocycles. The highest BCUT2D eigenvalue weighted by Gasteiger charge is 2.18. The van der Waals surface area contributed by atoms with Crippen LogP contribution in [0.15, 0.2) is 78.0 Å². The number of aromatic nitrogens is 5. The molecule has 3 aromatic heterocycles. The van der Waals surface area contributed by atoms with Gasteiger partial charge in [-0.15, -0.1) is 10.2 Å². The zero-order chi connectivity index (χ0) is 26.9. The van der Waals surface area contributed by atoms with Crippen LogP contribution < -0.4 is 15.9 Å². The highest BCUT2D eigenvalue weighted by Crippen LogP contribution is 2.33. The lowest BCUT2D eigenvalue weighted by Gasteiger charge is -2.10. The van der Waals surface area contributed by atoms with E-state index in [1.54, 1.807) is 7.11 Å². The standard InChI is InChI=1S/C28H23N7O2S2/c1-16-10-12-17(13-11-16)21-14-19(18-6-3-4-7-20(18)30-21)26-33-34-28(35(26)29)38-15-24(36)31-27-32-25-22(37-2)8-5-9-23(25)39-27/h3-14H,15,29H2,1-2H3,(H,31,32,36). The van der Waals surface area contributed by atoms with Crippen molar-refractivity contribution in [2.24, 2.45) is 0 Å². The monoisotopic (exact) mass is 553 g/mol. The molecule has 0 aliphatic carbocycles. The van der Waals surface area contributed by atoms with Gasteiger partial charge in [0.1, 0.15) is 11.3 Å². The zero-order valence-electron chi connectivity index (χ0n) is 21.1. The first-order valence-electron chi connectivity index (χ1n) is 12.0. The van der Waals surface area contributed by atoms with E-state index in [9.17, 15) is 4.79 Å². The van der Waals surface area contributed by atoms with Crippen molar-refractivity contribution in [2.75, 3.05) is 24.0 Å². The number of nitrogen functional groups attached to an aromatic ring is 1. The Hall–Kier alpha value is -4.48. The average Bonchev–Trinajstić information content (AvgIpc) is 3.54. The van der Waals surface area contributed by atoms with E-state index >= 15 is 0 Å². The molecule has 3 N–H and O–H groups in total. The van der Waals surface area contributed by atoms with Crippen LogP contribution >= 0.6 is 23.1 Å². The zero-order valence-corrected chi connectivity index (χ0v) is 22.7. The van der Waals surface area contributed by atoms with Crippen molar-refractivity contribution in [1.29, 1.82) is 0 Å². The van der Waals surface area contributed by atoms with Gasteiger partial charge >= 0.3 is 0 Å². The maximum atomic E-state index is 12.7. The lowest BCUT2D eigenvalue weighted by molar-refractivity contribution is -0.113. The Bertz CT molecular complexity index is 1830. The number of fused-ring (bicyclic) bond motifs is 2. The van der Waals surface area contributed by atoms with Crippen molar-refractivity contribution in [3.8, 4) is 28.4 Å². The van der Waals surface area contributed by atoms with Gasteiger partial charge in [-0.2, -0.15) is 0 Å². The predicted octanol–water partition coefficient (Wildman–Crippen LogP) is 5.53. The van der Waals surface area contributed by atoms with Crippen LogP contribution in [0, 0.1) is 6.92 Å². The minimum Gasteiger partial charge on any atom is -0.494 e. The molecule has 0 fully saturated rings. The predicted molar refractivity (Wildman–Crippen MR) is 157 cm³/mol. The molecule has 0 spiro atoms. The van der Waals surface area contributed by atoms with Crippen LogP contribution in [-0.2, 0) is 4.79 Å². The van der Waals surface area contributed by atoms with Crippen molar-refractivity contribution >= 4 is 55.3 Å². The number of carbonyl (C=O) groups excluding carboxylic acids is 1. The number of amides is 1. The van der Waals surface area contributed by atoms with Crippen molar-refractivity contribution < 1.29 is 9.53 Å². The van der Waals surface area contributed by atoms with E-state index in [1.807, 2.05) is 60.7 Å². The third kappa shape index (κ3) is 4.89. The topological polar surface area (TPSA) is 121 Å². The van der Waals surface area contributed by atoms with Gasteiger partial charge in [0, 0.05) is 16.5 Å². The summed E-state index contributed by atoms with van der Waals surface area (Å²) in [5.74, 6) is 7.47. The van der Waals surface area contributed by atoms with Gasteiger partial charge in [-0.3, -0.25) is 4.79 Å². The van der Waals surface area contributed by atoms with Crippen LogP contribution in [0.25, 0.3) is 43.8 Å². The number of anilines is 1. The molecule has 0 radical (unpaired) electrons. The maximum Gasteiger partial charge on any atom is 0.236 e. The van der Waals surface area contributed by atoms with Crippen molar-refractivity contribution in [1.82, 2.24) is 24.8 Å². The number of ether oxygens (including phenoxy) is 1. The number of thiazole rings is 1. The number of benzene rings is 3. The van der Waals surface area contributed by atoms with Crippen LogP contribution in [0.3, 0.4) is 0 Å². The number of pyridine rings is 1. The average molecular weight is 554 g/mol. The molecule has 3 aromatic carbocycles. The Kier molecular flexibility index (Phi) is 6.59. The molecule has 11 heteroatoms. The van der Waals surface area contributed by atoms with E-state index in [0.29, 0.717) is 27.4 Å². The molecule has 6 aromatic rings. The SMILES string of the molecule is COc1cccc2sc(NC(=O)CSc3nnc(-c4cc(-c5ccc(C)cc5)nc5ccccc45)n3N)nc12. The molecule has 0 aliphatic rings. The molecule has 0 aliphatic heterocycles. The minimum atomic E-state index is -0.224. The number of hydrogen-bond acceptors (Lipinski definition) is 9. The number of nitrogens with two attached hydrogens (primary N) is 1. The van der Waals surface area contributed by atoms with Gasteiger partial charge in [0.05, 0.1) is 28.8 Å². The van der Waals surface area contributed by atoms with Crippen molar-refractivity contribution in [3.05, 3.63) is 78.4 Å². The highest BCUT2D eigenvalue weighted by atomic mass is 32.2. The molecule has 39 heavy (non-hydrogen) atoms. The number of carbonyl (C=O) groups is 1. The summed E-state index contributed by atoms with van der Waals surface area (Å²) in [6.07, 6.45) is 0. The van der Waals surface area contributed by atoms with E-state index in [-0.39, 0.29) is 11.7 Å². The molecule has 3 heterocycles. The van der Waals surface area contributed by atoms with Crippen LogP contribution in [0.1, 0.15) is 5.56 Å². The summed E-state index contributed by atoms with van der Waals surface area (Å²) in [4.78, 5) is 22.1. The Morgan fingerprint density at radius 2 is 1.87 bits per heavy atom. The summed E-state index contributed by atoms with van der Waals surface area (Å²) in [7, 11) is 1.60. The quantitative estimate of drug-likeness (QED) is 0.196. The Morgan fingerprint density at radius 3 is 2.69 bits per heavy atom. The molecule has 194 valence electrons. The van der Waals surface area contributed by atoms with Crippen LogP contribution in [-0.4, -0.2) is 43.6 Å². The van der Waals surface area contributed by atoms with E-state index in [1.165, 1.54) is 33.3 Å². The van der Waals surface area contributed by atoms with Gasteiger partial charge in [-0.1, -0.05) is 77.2 Å². The van der Waals surface area contributed by atoms with Gasteiger partial charge in [0.2, 0.25) is 11.1 Å². The first-order valence-corrected chi connectivity index (χ1v) is 13.8. The summed E-state index contributed by atoms with van der Waals surface area (Å²) < 4.78 is 7.71. The fourth-order valence-electron chi connectivity index (χ4n) is 4.22. The number of rotatable bonds is 7. The van der Waals surface area contributed by atoms with Crippen LogP contribution in [0.2, 0.25) is 0 Å². The molecule has 0 atom stereocenters. The summed E-state index contributed by atoms with van der Waals surface area (Å²) in [6, 6.07) is 23.7. The first kappa shape index (κ1) is 24.8. The van der Waals surface area contributed by atoms with Crippen LogP contribution in [0.4, 0.5) is 5.13 Å². The third-order valence-electron chi connectivity index (χ3n) is 6.15. The third-order valence-corrected chi connectivity index (χ3v) is 8.03. The second-order valence-corrected chi connectivity index (χ2v) is 10.8. The van der Waals surface area contributed by atoms with Crippen molar-refractivity contribution in [3.63, 3.8) is 0 Å². The number of nitrogens with one attached hydrogen (secondary N) is 1. The fourth-order valence-corrected chi connectivity index (χ4v) is 5.77. The molecule has 6 rings (SSSR count). The second kappa shape index (κ2) is 10.4. The number of aryl methyl sites for hydroxylation is 1. The molecule has 0 saturated heterocycles. The molecule has 1 amide bonds. The smallest absolute Gasteiger partial charge is 0.236 e. The summed E-state index contributed by atoms with van der Waals surface area (Å²) in [6.45, 7) is 2.05. The molecule has 0 bridgehead atoms. The summed E-state index contributed by atoms with van der Waals surface area (Å²) in [5, 5.41) is 13.3. The number of para-hydroxylation sites is 2. The molecular formula is C28H23N7O2S2. The van der Waals surface area contributed by atoms with E-state index in [2.05, 4.69) is 39.6 Å². The number of hydrogen-bond donors (Lipinski definition) is 2. The second-order valence-electron chi connectivity index (χ2n) is 8.78. The molecule has 0 unspecified atom stereocenters. The maximum absolute atomic E-state index is 12.7. The number of nitrogens with zero attached hydrogens (tertiary/aromatic N) is 5. The van der Waals surface area contributed by atoms with Gasteiger partial charge in [-0.05, 0) is 31.2 Å². The van der Waals surface area contributed by atoms with Gasteiger partial charge < -0.3 is 15.9 Å². The lowest BCUT2D eigenvalue weighted by atomic mass is 10.0. The molecule has 9 nitrogen and oxygen atoms in total. The number of methoxy groups -OCH3 is 1. The Balaban J connectivity index is 1.24. The Labute approximate surface area is 232 Å². The van der Waals surface area contributed by atoms with Gasteiger partial charge in [-0.25, -0.2) is 14.6 Å². The summed E-state index contributed by atoms with van der Waals surface area (Å²) >= 11 is 2.59. The fraction of sp³-hybridized carbons (Fsp3) is 0.107. The normalized spacial score (nSPS) is 11.2. The van der Waals surface area contributed by atoms with Crippen molar-refractivity contribution in [2.45, 2.75) is 12.1 Å². The van der Waals surface area contributed by atoms with E-state index < -0.39 is 0 Å².